The van der Waals surface area contributed by atoms with Gasteiger partial charge < -0.3 is 19.5 Å². The molecule has 1 fully saturated rings. The van der Waals surface area contributed by atoms with E-state index < -0.39 is 41.5 Å². The zero-order chi connectivity index (χ0) is 20.2. The first-order chi connectivity index (χ1) is 12.6. The molecule has 6 nitrogen and oxygen atoms in total. The molecule has 0 heterocycles. The molecule has 8 heteroatoms. The van der Waals surface area contributed by atoms with Crippen LogP contribution in [-0.2, 0) is 25.6 Å². The van der Waals surface area contributed by atoms with Crippen LogP contribution >= 0.6 is 0 Å². The SMILES string of the molecule is COC(=O)C(NC(=O)OC(C)(C)C)C1C(COCc2ccccc2)C1(F)F. The van der Waals surface area contributed by atoms with Crippen molar-refractivity contribution in [3.63, 3.8) is 0 Å². The molecule has 2 rings (SSSR count). The zero-order valence-corrected chi connectivity index (χ0v) is 15.8. The van der Waals surface area contributed by atoms with Crippen LogP contribution in [0.5, 0.6) is 0 Å². The molecule has 0 aliphatic heterocycles. The molecule has 27 heavy (non-hydrogen) atoms. The van der Waals surface area contributed by atoms with E-state index in [-0.39, 0.29) is 13.2 Å². The lowest BCUT2D eigenvalue weighted by Gasteiger charge is -2.22. The van der Waals surface area contributed by atoms with Crippen LogP contribution in [0.15, 0.2) is 30.3 Å². The van der Waals surface area contributed by atoms with E-state index in [1.807, 2.05) is 30.3 Å². The van der Waals surface area contributed by atoms with Crippen LogP contribution in [0, 0.1) is 11.8 Å². The fourth-order valence-corrected chi connectivity index (χ4v) is 2.82. The molecule has 150 valence electrons. The van der Waals surface area contributed by atoms with Crippen LogP contribution in [0.4, 0.5) is 13.6 Å². The van der Waals surface area contributed by atoms with Crippen LogP contribution in [0.1, 0.15) is 26.3 Å². The first-order valence-corrected chi connectivity index (χ1v) is 8.63. The Labute approximate surface area is 157 Å². The minimum atomic E-state index is -3.15. The number of alkyl carbamates (subject to hydrolysis) is 1. The third-order valence-electron chi connectivity index (χ3n) is 4.16. The number of benzene rings is 1. The molecule has 1 aromatic carbocycles. The highest BCUT2D eigenvalue weighted by Crippen LogP contribution is 2.57. The van der Waals surface area contributed by atoms with Gasteiger partial charge in [-0.3, -0.25) is 0 Å². The van der Waals surface area contributed by atoms with Gasteiger partial charge in [0.25, 0.3) is 5.92 Å². The molecular formula is C19H25F2NO5. The van der Waals surface area contributed by atoms with Gasteiger partial charge in [0.2, 0.25) is 0 Å². The predicted octanol–water partition coefficient (Wildman–Crippen LogP) is 3.15. The van der Waals surface area contributed by atoms with Crippen LogP contribution in [0.25, 0.3) is 0 Å². The Morgan fingerprint density at radius 3 is 2.41 bits per heavy atom. The number of carbonyl (C=O) groups excluding carboxylic acids is 2. The number of alkyl halides is 2. The Morgan fingerprint density at radius 1 is 1.22 bits per heavy atom. The van der Waals surface area contributed by atoms with E-state index >= 15 is 0 Å². The number of halogens is 2. The summed E-state index contributed by atoms with van der Waals surface area (Å²) in [5, 5.41) is 2.21. The van der Waals surface area contributed by atoms with Crippen molar-refractivity contribution in [2.45, 2.75) is 44.9 Å². The zero-order valence-electron chi connectivity index (χ0n) is 15.8. The van der Waals surface area contributed by atoms with E-state index in [1.54, 1.807) is 20.8 Å². The van der Waals surface area contributed by atoms with E-state index in [0.29, 0.717) is 0 Å². The second kappa shape index (κ2) is 8.21. The Balaban J connectivity index is 1.98. The lowest BCUT2D eigenvalue weighted by Crippen LogP contribution is -2.46. The summed E-state index contributed by atoms with van der Waals surface area (Å²) in [6, 6.07) is 7.63. The fraction of sp³-hybridized carbons (Fsp3) is 0.579. The fourth-order valence-electron chi connectivity index (χ4n) is 2.82. The number of amides is 1. The van der Waals surface area contributed by atoms with Gasteiger partial charge in [0.1, 0.15) is 11.6 Å². The highest BCUT2D eigenvalue weighted by molar-refractivity contribution is 5.82. The van der Waals surface area contributed by atoms with Gasteiger partial charge in [-0.05, 0) is 26.3 Å². The Kier molecular flexibility index (Phi) is 6.41. The number of hydrogen-bond acceptors (Lipinski definition) is 5. The molecule has 1 N–H and O–H groups in total. The van der Waals surface area contributed by atoms with E-state index in [9.17, 15) is 18.4 Å². The standard InChI is InChI=1S/C19H25F2NO5/c1-18(2,3)27-17(24)22-15(16(23)25-4)14-13(19(14,20)21)11-26-10-12-8-6-5-7-9-12/h5-9,13-15H,10-11H2,1-4H3,(H,22,24). The highest BCUT2D eigenvalue weighted by atomic mass is 19.3. The van der Waals surface area contributed by atoms with Crippen molar-refractivity contribution in [2.24, 2.45) is 11.8 Å². The quantitative estimate of drug-likeness (QED) is 0.730. The molecule has 0 radical (unpaired) electrons. The average molecular weight is 385 g/mol. The van der Waals surface area contributed by atoms with Gasteiger partial charge in [0.05, 0.1) is 32.2 Å². The van der Waals surface area contributed by atoms with Crippen molar-refractivity contribution in [2.75, 3.05) is 13.7 Å². The minimum Gasteiger partial charge on any atom is -0.467 e. The normalized spacial score (nSPS) is 21.9. The molecular weight excluding hydrogens is 360 g/mol. The van der Waals surface area contributed by atoms with E-state index in [2.05, 4.69) is 10.1 Å². The summed E-state index contributed by atoms with van der Waals surface area (Å²) in [6.45, 7) is 4.83. The molecule has 1 aliphatic rings. The van der Waals surface area contributed by atoms with Crippen LogP contribution in [0.3, 0.4) is 0 Å². The summed E-state index contributed by atoms with van der Waals surface area (Å²) < 4.78 is 43.5. The van der Waals surface area contributed by atoms with E-state index in [4.69, 9.17) is 9.47 Å². The second-order valence-corrected chi connectivity index (χ2v) is 7.45. The summed E-state index contributed by atoms with van der Waals surface area (Å²) >= 11 is 0. The number of carbonyl (C=O) groups is 2. The lowest BCUT2D eigenvalue weighted by atomic mass is 10.1. The van der Waals surface area contributed by atoms with Crippen LogP contribution in [-0.4, -0.2) is 43.3 Å². The molecule has 1 aliphatic carbocycles. The topological polar surface area (TPSA) is 73.9 Å². The smallest absolute Gasteiger partial charge is 0.408 e. The lowest BCUT2D eigenvalue weighted by molar-refractivity contribution is -0.144. The van der Waals surface area contributed by atoms with Crippen molar-refractivity contribution < 1.29 is 32.6 Å². The number of ether oxygens (including phenoxy) is 3. The summed E-state index contributed by atoms with van der Waals surface area (Å²) in [7, 11) is 1.08. The summed E-state index contributed by atoms with van der Waals surface area (Å²) in [5.41, 5.74) is 0.0316. The Bertz CT molecular complexity index is 660. The molecule has 0 saturated heterocycles. The molecule has 3 atom stereocenters. The van der Waals surface area contributed by atoms with Gasteiger partial charge in [-0.1, -0.05) is 30.3 Å². The molecule has 0 spiro atoms. The number of hydrogen-bond donors (Lipinski definition) is 1. The first-order valence-electron chi connectivity index (χ1n) is 8.63. The Hall–Kier alpha value is -2.22. The van der Waals surface area contributed by atoms with Crippen molar-refractivity contribution in [1.82, 2.24) is 5.32 Å². The Morgan fingerprint density at radius 2 is 1.85 bits per heavy atom. The number of methoxy groups -OCH3 is 1. The van der Waals surface area contributed by atoms with Crippen molar-refractivity contribution in [1.29, 1.82) is 0 Å². The largest absolute Gasteiger partial charge is 0.467 e. The molecule has 3 unspecified atom stereocenters. The molecule has 0 aromatic heterocycles. The summed E-state index contributed by atoms with van der Waals surface area (Å²) in [6.07, 6.45) is -0.954. The third-order valence-corrected chi connectivity index (χ3v) is 4.16. The maximum atomic E-state index is 14.2. The molecule has 1 aromatic rings. The first kappa shape index (κ1) is 21.1. The molecule has 1 saturated carbocycles. The third kappa shape index (κ3) is 5.63. The van der Waals surface area contributed by atoms with E-state index in [1.165, 1.54) is 0 Å². The van der Waals surface area contributed by atoms with Gasteiger partial charge in [0.15, 0.2) is 0 Å². The highest BCUT2D eigenvalue weighted by Gasteiger charge is 2.72. The van der Waals surface area contributed by atoms with Crippen molar-refractivity contribution >= 4 is 12.1 Å². The van der Waals surface area contributed by atoms with Crippen LogP contribution in [0.2, 0.25) is 0 Å². The van der Waals surface area contributed by atoms with Gasteiger partial charge in [-0.15, -0.1) is 0 Å². The number of nitrogens with one attached hydrogen (secondary N) is 1. The van der Waals surface area contributed by atoms with E-state index in [0.717, 1.165) is 12.7 Å². The number of esters is 1. The second-order valence-electron chi connectivity index (χ2n) is 7.45. The van der Waals surface area contributed by atoms with Crippen LogP contribution < -0.4 is 5.32 Å². The number of rotatable bonds is 7. The maximum absolute atomic E-state index is 14.2. The van der Waals surface area contributed by atoms with Gasteiger partial charge in [-0.25, -0.2) is 18.4 Å². The van der Waals surface area contributed by atoms with Gasteiger partial charge in [-0.2, -0.15) is 0 Å². The summed E-state index contributed by atoms with van der Waals surface area (Å²) in [4.78, 5) is 23.9. The van der Waals surface area contributed by atoms with Gasteiger partial charge >= 0.3 is 12.1 Å². The van der Waals surface area contributed by atoms with Crippen molar-refractivity contribution in [3.05, 3.63) is 35.9 Å². The maximum Gasteiger partial charge on any atom is 0.408 e. The molecule has 0 bridgehead atoms. The molecule has 1 amide bonds. The van der Waals surface area contributed by atoms with Gasteiger partial charge in [0, 0.05) is 0 Å². The summed E-state index contributed by atoms with van der Waals surface area (Å²) in [5.74, 6) is -6.70. The van der Waals surface area contributed by atoms with Crippen molar-refractivity contribution in [3.8, 4) is 0 Å². The monoisotopic (exact) mass is 385 g/mol. The minimum absolute atomic E-state index is 0.183. The predicted molar refractivity (Wildman–Crippen MR) is 93.2 cm³/mol. The average Bonchev–Trinajstić information content (AvgIpc) is 3.11.